The predicted molar refractivity (Wildman–Crippen MR) is 73.2 cm³/mol. The molecule has 0 radical (unpaired) electrons. The van der Waals surface area contributed by atoms with Gasteiger partial charge in [0.05, 0.1) is 11.2 Å². The Labute approximate surface area is 122 Å². The van der Waals surface area contributed by atoms with E-state index in [1.54, 1.807) is 5.51 Å². The number of halogens is 1. The minimum absolute atomic E-state index is 0.0290. The zero-order valence-electron chi connectivity index (χ0n) is 9.88. The number of rotatable bonds is 5. The molecule has 2 aromatic heterocycles. The lowest BCUT2D eigenvalue weighted by molar-refractivity contribution is 0.245. The normalized spacial score (nSPS) is 11.9. The fourth-order valence-corrected chi connectivity index (χ4v) is 4.19. The number of hydrogen-bond acceptors (Lipinski definition) is 6. The number of aliphatic hydroxyl groups excluding tert-OH is 1. The van der Waals surface area contributed by atoms with Crippen LogP contribution in [0, 0.1) is 6.92 Å². The molecule has 0 atom stereocenters. The summed E-state index contributed by atoms with van der Waals surface area (Å²) < 4.78 is 31.8. The number of nitrogens with one attached hydrogen (secondary N) is 1. The first kappa shape index (κ1) is 14.7. The van der Waals surface area contributed by atoms with Crippen molar-refractivity contribution in [3.8, 4) is 0 Å². The van der Waals surface area contributed by atoms with E-state index < -0.39 is 10.0 Å². The van der Waals surface area contributed by atoms with Gasteiger partial charge in [-0.25, -0.2) is 18.1 Å². The number of furan rings is 1. The molecule has 0 aliphatic heterocycles. The van der Waals surface area contributed by atoms with E-state index in [0.717, 1.165) is 10.6 Å². The zero-order chi connectivity index (χ0) is 14.0. The fourth-order valence-electron chi connectivity index (χ4n) is 1.39. The van der Waals surface area contributed by atoms with Crippen LogP contribution in [0.1, 0.15) is 16.3 Å². The molecular formula is C10H11BrN2O4S2. The van der Waals surface area contributed by atoms with E-state index >= 15 is 0 Å². The van der Waals surface area contributed by atoms with Gasteiger partial charge in [-0.15, -0.1) is 11.3 Å². The van der Waals surface area contributed by atoms with Crippen molar-refractivity contribution in [2.75, 3.05) is 0 Å². The van der Waals surface area contributed by atoms with Crippen molar-refractivity contribution in [3.63, 3.8) is 0 Å². The summed E-state index contributed by atoms with van der Waals surface area (Å²) in [7, 11) is -3.70. The van der Waals surface area contributed by atoms with Crippen LogP contribution in [0.4, 0.5) is 0 Å². The highest BCUT2D eigenvalue weighted by molar-refractivity contribution is 9.10. The van der Waals surface area contributed by atoms with Crippen molar-refractivity contribution in [2.24, 2.45) is 0 Å². The lowest BCUT2D eigenvalue weighted by atomic mass is 10.4. The van der Waals surface area contributed by atoms with Gasteiger partial charge in [0.2, 0.25) is 10.0 Å². The number of thiazole rings is 1. The molecular weight excluding hydrogens is 356 g/mol. The van der Waals surface area contributed by atoms with E-state index in [1.165, 1.54) is 17.4 Å². The molecule has 0 unspecified atom stereocenters. The van der Waals surface area contributed by atoms with Crippen LogP contribution in [0.3, 0.4) is 0 Å². The van der Waals surface area contributed by atoms with E-state index in [2.05, 4.69) is 25.6 Å². The molecule has 6 nitrogen and oxygen atoms in total. The number of aryl methyl sites for hydroxylation is 1. The van der Waals surface area contributed by atoms with Gasteiger partial charge >= 0.3 is 0 Å². The van der Waals surface area contributed by atoms with E-state index in [1.807, 2.05) is 6.92 Å². The van der Waals surface area contributed by atoms with Gasteiger partial charge in [-0.1, -0.05) is 0 Å². The Balaban J connectivity index is 2.18. The number of nitrogens with zero attached hydrogens (tertiary/aromatic N) is 1. The molecule has 9 heteroatoms. The third-order valence-electron chi connectivity index (χ3n) is 2.42. The van der Waals surface area contributed by atoms with Gasteiger partial charge in [0.1, 0.15) is 17.3 Å². The number of aliphatic hydroxyl groups is 1. The number of sulfonamides is 1. The molecule has 0 saturated heterocycles. The maximum atomic E-state index is 12.1. The first-order chi connectivity index (χ1) is 8.94. The second kappa shape index (κ2) is 5.71. The number of aromatic nitrogens is 1. The molecule has 0 aromatic carbocycles. The van der Waals surface area contributed by atoms with Crippen molar-refractivity contribution in [1.29, 1.82) is 0 Å². The van der Waals surface area contributed by atoms with Crippen LogP contribution in [0.2, 0.25) is 0 Å². The monoisotopic (exact) mass is 366 g/mol. The second-order valence-corrected chi connectivity index (χ2v) is 7.09. The van der Waals surface area contributed by atoms with Crippen LogP contribution in [-0.4, -0.2) is 18.5 Å². The van der Waals surface area contributed by atoms with Crippen molar-refractivity contribution < 1.29 is 17.9 Å². The molecule has 104 valence electrons. The SMILES string of the molecule is Cc1ncsc1CNS(=O)(=O)c1cc(CO)oc1Br. The van der Waals surface area contributed by atoms with Crippen LogP contribution in [0.15, 0.2) is 25.6 Å². The molecule has 19 heavy (non-hydrogen) atoms. The molecule has 0 aliphatic carbocycles. The summed E-state index contributed by atoms with van der Waals surface area (Å²) in [5.74, 6) is 0.182. The van der Waals surface area contributed by atoms with Crippen molar-refractivity contribution >= 4 is 37.3 Å². The van der Waals surface area contributed by atoms with E-state index in [-0.39, 0.29) is 28.5 Å². The summed E-state index contributed by atoms with van der Waals surface area (Å²) in [6, 6.07) is 1.28. The van der Waals surface area contributed by atoms with Crippen LogP contribution < -0.4 is 4.72 Å². The van der Waals surface area contributed by atoms with Gasteiger partial charge in [-0.05, 0) is 22.9 Å². The first-order valence-corrected chi connectivity index (χ1v) is 8.37. The fraction of sp³-hybridized carbons (Fsp3) is 0.300. The van der Waals surface area contributed by atoms with Crippen LogP contribution >= 0.6 is 27.3 Å². The second-order valence-electron chi connectivity index (χ2n) is 3.69. The maximum absolute atomic E-state index is 12.1. The third-order valence-corrected chi connectivity index (χ3v) is 5.61. The highest BCUT2D eigenvalue weighted by atomic mass is 79.9. The van der Waals surface area contributed by atoms with Gasteiger partial charge in [0.25, 0.3) is 0 Å². The molecule has 0 fully saturated rings. The minimum Gasteiger partial charge on any atom is -0.450 e. The lowest BCUT2D eigenvalue weighted by Crippen LogP contribution is -2.23. The predicted octanol–water partition coefficient (Wildman–Crippen LogP) is 1.78. The Hall–Kier alpha value is -0.740. The minimum atomic E-state index is -3.70. The lowest BCUT2D eigenvalue weighted by Gasteiger charge is -2.03. The summed E-state index contributed by atoms with van der Waals surface area (Å²) in [6.45, 7) is 1.63. The first-order valence-electron chi connectivity index (χ1n) is 5.21. The van der Waals surface area contributed by atoms with E-state index in [0.29, 0.717) is 0 Å². The standard InChI is InChI=1S/C10H11BrN2O4S2/c1-6-8(18-5-12-6)3-13-19(15,16)9-2-7(4-14)17-10(9)11/h2,5,13-14H,3-4H2,1H3. The van der Waals surface area contributed by atoms with Crippen molar-refractivity contribution in [3.05, 3.63) is 32.6 Å². The highest BCUT2D eigenvalue weighted by Gasteiger charge is 2.22. The van der Waals surface area contributed by atoms with Crippen molar-refractivity contribution in [1.82, 2.24) is 9.71 Å². The summed E-state index contributed by atoms with van der Waals surface area (Å²) >= 11 is 4.41. The Morgan fingerprint density at radius 2 is 2.32 bits per heavy atom. The molecule has 2 N–H and O–H groups in total. The van der Waals surface area contributed by atoms with Gasteiger partial charge < -0.3 is 9.52 Å². The summed E-state index contributed by atoms with van der Waals surface area (Å²) in [5, 5.41) is 8.92. The van der Waals surface area contributed by atoms with Crippen LogP contribution in [0.25, 0.3) is 0 Å². The smallest absolute Gasteiger partial charge is 0.245 e. The van der Waals surface area contributed by atoms with E-state index in [9.17, 15) is 8.42 Å². The van der Waals surface area contributed by atoms with Crippen molar-refractivity contribution in [2.45, 2.75) is 25.0 Å². The average Bonchev–Trinajstić information content (AvgIpc) is 2.93. The maximum Gasteiger partial charge on any atom is 0.245 e. The molecule has 2 rings (SSSR count). The molecule has 0 amide bonds. The molecule has 2 heterocycles. The van der Waals surface area contributed by atoms with E-state index in [4.69, 9.17) is 9.52 Å². The highest BCUT2D eigenvalue weighted by Crippen LogP contribution is 2.26. The molecule has 0 saturated carbocycles. The largest absolute Gasteiger partial charge is 0.450 e. The zero-order valence-corrected chi connectivity index (χ0v) is 13.1. The quantitative estimate of drug-likeness (QED) is 0.841. The Bertz CT molecular complexity index is 678. The third kappa shape index (κ3) is 3.23. The Morgan fingerprint density at radius 1 is 1.58 bits per heavy atom. The average molecular weight is 367 g/mol. The molecule has 0 aliphatic rings. The van der Waals surface area contributed by atoms with Crippen LogP contribution in [0.5, 0.6) is 0 Å². The number of hydrogen-bond donors (Lipinski definition) is 2. The molecule has 0 spiro atoms. The summed E-state index contributed by atoms with van der Waals surface area (Å²) in [4.78, 5) is 4.87. The van der Waals surface area contributed by atoms with Crippen LogP contribution in [-0.2, 0) is 23.2 Å². The topological polar surface area (TPSA) is 92.4 Å². The van der Waals surface area contributed by atoms with Gasteiger partial charge in [0.15, 0.2) is 4.67 Å². The molecule has 2 aromatic rings. The Kier molecular flexibility index (Phi) is 4.41. The van der Waals surface area contributed by atoms with Gasteiger partial charge in [-0.2, -0.15) is 0 Å². The molecule has 0 bridgehead atoms. The summed E-state index contributed by atoms with van der Waals surface area (Å²) in [5.41, 5.74) is 2.46. The Morgan fingerprint density at radius 3 is 2.84 bits per heavy atom. The van der Waals surface area contributed by atoms with Gasteiger partial charge in [-0.3, -0.25) is 0 Å². The summed E-state index contributed by atoms with van der Waals surface area (Å²) in [6.07, 6.45) is 0. The van der Waals surface area contributed by atoms with Gasteiger partial charge in [0, 0.05) is 17.5 Å².